The van der Waals surface area contributed by atoms with Crippen LogP contribution in [0, 0.1) is 23.7 Å². The zero-order valence-corrected chi connectivity index (χ0v) is 7.84. The number of hydrogen-bond donors (Lipinski definition) is 0. The molecule has 0 radical (unpaired) electrons. The summed E-state index contributed by atoms with van der Waals surface area (Å²) in [5.74, 6) is 4.49. The van der Waals surface area contributed by atoms with Gasteiger partial charge in [0.25, 0.3) is 0 Å². The Balaban J connectivity index is 2.02. The second kappa shape index (κ2) is 2.80. The summed E-state index contributed by atoms with van der Waals surface area (Å²) in [5.41, 5.74) is 0. The summed E-state index contributed by atoms with van der Waals surface area (Å²) in [6, 6.07) is 0. The molecule has 64 valence electrons. The van der Waals surface area contributed by atoms with Crippen LogP contribution in [0.3, 0.4) is 0 Å². The van der Waals surface area contributed by atoms with Gasteiger partial charge in [0.2, 0.25) is 0 Å². The molecule has 2 rings (SSSR count). The maximum Gasteiger partial charge on any atom is -0.0355 e. The predicted molar refractivity (Wildman–Crippen MR) is 48.4 cm³/mol. The molecular formula is C11H20. The Morgan fingerprint density at radius 1 is 0.909 bits per heavy atom. The molecule has 0 saturated heterocycles. The van der Waals surface area contributed by atoms with Gasteiger partial charge in [-0.3, -0.25) is 0 Å². The molecule has 0 aromatic carbocycles. The SMILES string of the molecule is CC[C@@H]1CC2CC1[C@@H](CC)C2. The average Bonchev–Trinajstić information content (AvgIpc) is 2.60. The largest absolute Gasteiger partial charge is 0.0651 e. The molecule has 2 fully saturated rings. The Labute approximate surface area is 70.4 Å². The van der Waals surface area contributed by atoms with Crippen LogP contribution in [0.5, 0.6) is 0 Å². The Bertz CT molecular complexity index is 125. The first kappa shape index (κ1) is 7.64. The van der Waals surface area contributed by atoms with Crippen LogP contribution in [0.1, 0.15) is 46.0 Å². The van der Waals surface area contributed by atoms with Crippen molar-refractivity contribution in [2.75, 3.05) is 0 Å². The third-order valence-corrected chi connectivity index (χ3v) is 4.14. The van der Waals surface area contributed by atoms with Crippen molar-refractivity contribution in [3.8, 4) is 0 Å². The van der Waals surface area contributed by atoms with Gasteiger partial charge in [-0.1, -0.05) is 26.7 Å². The third-order valence-electron chi connectivity index (χ3n) is 4.14. The molecule has 2 aliphatic rings. The van der Waals surface area contributed by atoms with Gasteiger partial charge in [0.05, 0.1) is 0 Å². The van der Waals surface area contributed by atoms with Crippen LogP contribution in [0.4, 0.5) is 0 Å². The lowest BCUT2D eigenvalue weighted by molar-refractivity contribution is 0.227. The minimum Gasteiger partial charge on any atom is -0.0651 e. The molecule has 0 nitrogen and oxygen atoms in total. The Morgan fingerprint density at radius 2 is 1.45 bits per heavy atom. The fraction of sp³-hybridized carbons (Fsp3) is 1.00. The second-order valence-corrected chi connectivity index (χ2v) is 4.57. The monoisotopic (exact) mass is 152 g/mol. The fourth-order valence-electron chi connectivity index (χ4n) is 3.59. The summed E-state index contributed by atoms with van der Waals surface area (Å²) < 4.78 is 0. The van der Waals surface area contributed by atoms with Crippen LogP contribution in [0.2, 0.25) is 0 Å². The minimum atomic E-state index is 1.11. The quantitative estimate of drug-likeness (QED) is 0.568. The highest BCUT2D eigenvalue weighted by Gasteiger charge is 2.43. The van der Waals surface area contributed by atoms with Crippen LogP contribution < -0.4 is 0 Å². The van der Waals surface area contributed by atoms with Crippen molar-refractivity contribution in [3.05, 3.63) is 0 Å². The topological polar surface area (TPSA) is 0 Å². The van der Waals surface area contributed by atoms with Crippen molar-refractivity contribution < 1.29 is 0 Å². The van der Waals surface area contributed by atoms with Gasteiger partial charge < -0.3 is 0 Å². The van der Waals surface area contributed by atoms with Crippen LogP contribution >= 0.6 is 0 Å². The molecule has 0 aromatic heterocycles. The van der Waals surface area contributed by atoms with Crippen molar-refractivity contribution in [1.82, 2.24) is 0 Å². The predicted octanol–water partition coefficient (Wildman–Crippen LogP) is 3.47. The molecule has 0 amide bonds. The zero-order valence-electron chi connectivity index (χ0n) is 7.84. The van der Waals surface area contributed by atoms with Gasteiger partial charge in [0.1, 0.15) is 0 Å². The van der Waals surface area contributed by atoms with Crippen molar-refractivity contribution in [1.29, 1.82) is 0 Å². The minimum absolute atomic E-state index is 1.11. The van der Waals surface area contributed by atoms with Crippen LogP contribution in [-0.2, 0) is 0 Å². The normalized spacial score (nSPS) is 48.5. The van der Waals surface area contributed by atoms with E-state index in [9.17, 15) is 0 Å². The lowest BCUT2D eigenvalue weighted by atomic mass is 9.78. The molecule has 2 saturated carbocycles. The third kappa shape index (κ3) is 1.11. The highest BCUT2D eigenvalue weighted by molar-refractivity contribution is 4.94. The fourth-order valence-corrected chi connectivity index (χ4v) is 3.59. The van der Waals surface area contributed by atoms with E-state index in [2.05, 4.69) is 13.8 Å². The first-order valence-corrected chi connectivity index (χ1v) is 5.35. The first-order valence-electron chi connectivity index (χ1n) is 5.35. The second-order valence-electron chi connectivity index (χ2n) is 4.57. The molecule has 0 aromatic rings. The van der Waals surface area contributed by atoms with E-state index in [0.717, 1.165) is 23.7 Å². The average molecular weight is 152 g/mol. The summed E-state index contributed by atoms with van der Waals surface area (Å²) in [6.07, 6.45) is 7.60. The van der Waals surface area contributed by atoms with Crippen LogP contribution in [0.25, 0.3) is 0 Å². The van der Waals surface area contributed by atoms with Crippen LogP contribution in [-0.4, -0.2) is 0 Å². The molecule has 0 heterocycles. The summed E-state index contributed by atoms with van der Waals surface area (Å²) in [7, 11) is 0. The summed E-state index contributed by atoms with van der Waals surface area (Å²) in [5, 5.41) is 0. The molecule has 2 aliphatic carbocycles. The molecule has 0 heteroatoms. The lowest BCUT2D eigenvalue weighted by Crippen LogP contribution is -2.18. The molecule has 2 unspecified atom stereocenters. The molecule has 0 N–H and O–H groups in total. The maximum atomic E-state index is 2.37. The molecule has 0 aliphatic heterocycles. The van der Waals surface area contributed by atoms with Gasteiger partial charge >= 0.3 is 0 Å². The Kier molecular flexibility index (Phi) is 1.95. The van der Waals surface area contributed by atoms with E-state index < -0.39 is 0 Å². The van der Waals surface area contributed by atoms with Gasteiger partial charge in [0, 0.05) is 0 Å². The summed E-state index contributed by atoms with van der Waals surface area (Å²) in [4.78, 5) is 0. The van der Waals surface area contributed by atoms with Gasteiger partial charge in [-0.05, 0) is 42.9 Å². The van der Waals surface area contributed by atoms with E-state index in [1.807, 2.05) is 0 Å². The molecule has 0 spiro atoms. The van der Waals surface area contributed by atoms with Gasteiger partial charge in [-0.25, -0.2) is 0 Å². The maximum absolute atomic E-state index is 2.37. The first-order chi connectivity index (χ1) is 5.35. The van der Waals surface area contributed by atoms with Gasteiger partial charge in [-0.15, -0.1) is 0 Å². The van der Waals surface area contributed by atoms with E-state index in [0.29, 0.717) is 0 Å². The summed E-state index contributed by atoms with van der Waals surface area (Å²) >= 11 is 0. The Hall–Kier alpha value is 0. The summed E-state index contributed by atoms with van der Waals surface area (Å²) in [6.45, 7) is 4.75. The van der Waals surface area contributed by atoms with Crippen molar-refractivity contribution in [2.24, 2.45) is 23.7 Å². The number of fused-ring (bicyclic) bond motifs is 2. The number of rotatable bonds is 2. The molecular weight excluding hydrogens is 132 g/mol. The number of hydrogen-bond acceptors (Lipinski definition) is 0. The Morgan fingerprint density at radius 3 is 1.82 bits per heavy atom. The molecule has 2 bridgehead atoms. The van der Waals surface area contributed by atoms with Crippen LogP contribution in [0.15, 0.2) is 0 Å². The van der Waals surface area contributed by atoms with E-state index in [4.69, 9.17) is 0 Å². The van der Waals surface area contributed by atoms with E-state index in [1.54, 1.807) is 19.3 Å². The van der Waals surface area contributed by atoms with E-state index in [1.165, 1.54) is 12.8 Å². The smallest absolute Gasteiger partial charge is 0.0355 e. The van der Waals surface area contributed by atoms with E-state index in [-0.39, 0.29) is 0 Å². The molecule has 11 heavy (non-hydrogen) atoms. The highest BCUT2D eigenvalue weighted by Crippen LogP contribution is 2.53. The van der Waals surface area contributed by atoms with Crippen molar-refractivity contribution in [3.63, 3.8) is 0 Å². The zero-order chi connectivity index (χ0) is 7.84. The van der Waals surface area contributed by atoms with E-state index >= 15 is 0 Å². The molecule has 4 atom stereocenters. The van der Waals surface area contributed by atoms with Gasteiger partial charge in [0.15, 0.2) is 0 Å². The van der Waals surface area contributed by atoms with Crippen molar-refractivity contribution in [2.45, 2.75) is 46.0 Å². The van der Waals surface area contributed by atoms with Crippen molar-refractivity contribution >= 4 is 0 Å². The lowest BCUT2D eigenvalue weighted by Gasteiger charge is -2.27. The standard InChI is InChI=1S/C11H20/c1-3-9-5-8-6-10(4-2)11(9)7-8/h8-11H,3-7H2,1-2H3/t8?,9-,10+,11?. The highest BCUT2D eigenvalue weighted by atomic mass is 14.5. The van der Waals surface area contributed by atoms with Gasteiger partial charge in [-0.2, -0.15) is 0 Å².